The van der Waals surface area contributed by atoms with Gasteiger partial charge < -0.3 is 15.2 Å². The van der Waals surface area contributed by atoms with Crippen LogP contribution in [0.5, 0.6) is 11.9 Å². The molecule has 0 bridgehead atoms. The zero-order chi connectivity index (χ0) is 27.6. The summed E-state index contributed by atoms with van der Waals surface area (Å²) in [4.78, 5) is 11.5. The molecule has 2 aromatic carbocycles. The molecule has 1 aliphatic carbocycles. The predicted octanol–water partition coefficient (Wildman–Crippen LogP) is 6.84. The van der Waals surface area contributed by atoms with Gasteiger partial charge in [-0.2, -0.15) is 15.2 Å². The number of aromatic nitrogens is 2. The molecule has 11 heteroatoms. The number of benzene rings is 2. The van der Waals surface area contributed by atoms with Gasteiger partial charge in [-0.15, -0.1) is 11.3 Å². The molecule has 3 aliphatic rings. The number of thiophene rings is 1. The van der Waals surface area contributed by atoms with E-state index in [0.29, 0.717) is 12.0 Å². The maximum absolute atomic E-state index is 16.5. The third kappa shape index (κ3) is 3.98. The molecule has 7 nitrogen and oxygen atoms in total. The Morgan fingerprint density at radius 2 is 1.95 bits per heavy atom. The molecule has 7 rings (SSSR count). The topological polar surface area (TPSA) is 97.3 Å². The number of nitrogens with two attached hydrogens (primary N) is 1. The second-order valence-electron chi connectivity index (χ2n) is 10.9. The fourth-order valence-electron chi connectivity index (χ4n) is 6.37. The van der Waals surface area contributed by atoms with Crippen LogP contribution in [0, 0.1) is 23.0 Å². The van der Waals surface area contributed by atoms with Crippen molar-refractivity contribution in [2.45, 2.75) is 56.6 Å². The first-order valence-corrected chi connectivity index (χ1v) is 14.7. The van der Waals surface area contributed by atoms with E-state index in [0.717, 1.165) is 69.4 Å². The summed E-state index contributed by atoms with van der Waals surface area (Å²) in [7, 11) is 0. The third-order valence-electron chi connectivity index (χ3n) is 8.64. The van der Waals surface area contributed by atoms with Gasteiger partial charge in [-0.25, -0.2) is 8.78 Å². The first-order valence-electron chi connectivity index (χ1n) is 13.5. The van der Waals surface area contributed by atoms with E-state index in [1.807, 2.05) is 6.07 Å². The number of nitrogen functional groups attached to an aromatic ring is 1. The first-order chi connectivity index (χ1) is 19.4. The van der Waals surface area contributed by atoms with Crippen LogP contribution in [-0.4, -0.2) is 46.2 Å². The molecule has 40 heavy (non-hydrogen) atoms. The van der Waals surface area contributed by atoms with E-state index in [1.165, 1.54) is 12.1 Å². The Morgan fingerprint density at radius 3 is 2.65 bits per heavy atom. The van der Waals surface area contributed by atoms with Gasteiger partial charge in [0.25, 0.3) is 0 Å². The largest absolute Gasteiger partial charge is 0.474 e. The van der Waals surface area contributed by atoms with Gasteiger partial charge >= 0.3 is 6.01 Å². The van der Waals surface area contributed by atoms with Gasteiger partial charge in [-0.05, 0) is 75.7 Å². The predicted molar refractivity (Wildman–Crippen MR) is 151 cm³/mol. The number of nitrogens with zero attached hydrogens (tertiary/aromatic N) is 4. The molecule has 0 spiro atoms. The van der Waals surface area contributed by atoms with Gasteiger partial charge in [0.2, 0.25) is 5.88 Å². The smallest absolute Gasteiger partial charge is 0.320 e. The van der Waals surface area contributed by atoms with Gasteiger partial charge in [0.15, 0.2) is 5.82 Å². The number of anilines is 1. The summed E-state index contributed by atoms with van der Waals surface area (Å²) in [5.74, 6) is -1.04. The normalized spacial score (nSPS) is 18.6. The van der Waals surface area contributed by atoms with Crippen LogP contribution in [0.1, 0.15) is 50.5 Å². The van der Waals surface area contributed by atoms with Gasteiger partial charge in [0.1, 0.15) is 35.1 Å². The Morgan fingerprint density at radius 1 is 1.18 bits per heavy atom. The number of hydrogen-bond acceptors (Lipinski definition) is 8. The van der Waals surface area contributed by atoms with Crippen molar-refractivity contribution >= 4 is 48.9 Å². The molecule has 0 unspecified atom stereocenters. The second kappa shape index (κ2) is 9.68. The van der Waals surface area contributed by atoms with Crippen molar-refractivity contribution in [3.05, 3.63) is 40.4 Å². The summed E-state index contributed by atoms with van der Waals surface area (Å²) in [6, 6.07) is 6.28. The van der Waals surface area contributed by atoms with Gasteiger partial charge in [0, 0.05) is 10.9 Å². The lowest BCUT2D eigenvalue weighted by Gasteiger charge is -2.31. The zero-order valence-electron chi connectivity index (χ0n) is 21.6. The molecule has 1 saturated carbocycles. The number of nitriles is 1. The van der Waals surface area contributed by atoms with E-state index in [4.69, 9.17) is 26.8 Å². The number of hydrogen-bond donors (Lipinski definition) is 1. The van der Waals surface area contributed by atoms with Crippen molar-refractivity contribution in [3.8, 4) is 29.1 Å². The van der Waals surface area contributed by atoms with E-state index in [1.54, 1.807) is 6.07 Å². The molecule has 3 fully saturated rings. The molecular weight excluding hydrogens is 556 g/mol. The van der Waals surface area contributed by atoms with Crippen LogP contribution >= 0.6 is 22.9 Å². The standard InChI is InChI=1S/C29H26ClF2N5O2S/c30-19-12-17-24(23(32)22(19)16-6-7-20(31)25-21(16)18(13-33)26(34)40-25)35-28(36-27(17)39-15-4-1-5-15)38-14-29-8-2-10-37(29)11-3-9-29/h6-7,12,15H,1-5,8-11,14,34H2. The van der Waals surface area contributed by atoms with Crippen molar-refractivity contribution in [1.29, 1.82) is 5.26 Å². The summed E-state index contributed by atoms with van der Waals surface area (Å²) in [6.45, 7) is 2.53. The average molecular weight is 582 g/mol. The Labute approximate surface area is 238 Å². The highest BCUT2D eigenvalue weighted by molar-refractivity contribution is 7.23. The van der Waals surface area contributed by atoms with Crippen molar-refractivity contribution in [2.24, 2.45) is 0 Å². The highest BCUT2D eigenvalue weighted by Gasteiger charge is 2.45. The van der Waals surface area contributed by atoms with Crippen molar-refractivity contribution in [3.63, 3.8) is 0 Å². The Hall–Kier alpha value is -3.26. The lowest BCUT2D eigenvalue weighted by molar-refractivity contribution is 0.100. The molecule has 2 N–H and O–H groups in total. The summed E-state index contributed by atoms with van der Waals surface area (Å²) in [5, 5.41) is 10.5. The van der Waals surface area contributed by atoms with Crippen LogP contribution in [0.3, 0.4) is 0 Å². The van der Waals surface area contributed by atoms with Crippen LogP contribution < -0.4 is 15.2 Å². The molecule has 2 aliphatic heterocycles. The minimum Gasteiger partial charge on any atom is -0.474 e. The lowest BCUT2D eigenvalue weighted by atomic mass is 9.95. The fraction of sp³-hybridized carbons (Fsp3) is 0.414. The number of rotatable bonds is 6. The summed E-state index contributed by atoms with van der Waals surface area (Å²) < 4.78 is 43.8. The van der Waals surface area contributed by atoms with E-state index in [-0.39, 0.29) is 65.9 Å². The van der Waals surface area contributed by atoms with Gasteiger partial charge in [-0.3, -0.25) is 4.90 Å². The monoisotopic (exact) mass is 581 g/mol. The van der Waals surface area contributed by atoms with Crippen molar-refractivity contribution < 1.29 is 18.3 Å². The molecule has 0 radical (unpaired) electrons. The average Bonchev–Trinajstić information content (AvgIpc) is 3.59. The molecule has 2 aromatic heterocycles. The van der Waals surface area contributed by atoms with E-state index in [2.05, 4.69) is 14.9 Å². The summed E-state index contributed by atoms with van der Waals surface area (Å²) in [5.41, 5.74) is 6.32. The number of ether oxygens (including phenoxy) is 2. The second-order valence-corrected chi connectivity index (χ2v) is 12.3. The highest BCUT2D eigenvalue weighted by Crippen LogP contribution is 2.46. The maximum Gasteiger partial charge on any atom is 0.320 e. The summed E-state index contributed by atoms with van der Waals surface area (Å²) in [6.07, 6.45) is 7.15. The Balaban J connectivity index is 1.38. The van der Waals surface area contributed by atoms with Crippen LogP contribution in [0.4, 0.5) is 13.8 Å². The lowest BCUT2D eigenvalue weighted by Crippen LogP contribution is -2.43. The first kappa shape index (κ1) is 25.7. The highest BCUT2D eigenvalue weighted by atomic mass is 35.5. The minimum atomic E-state index is -0.726. The molecular formula is C29H26ClF2N5O2S. The van der Waals surface area contributed by atoms with Crippen LogP contribution in [-0.2, 0) is 0 Å². The van der Waals surface area contributed by atoms with Crippen LogP contribution in [0.2, 0.25) is 5.02 Å². The molecule has 2 saturated heterocycles. The molecule has 0 amide bonds. The summed E-state index contributed by atoms with van der Waals surface area (Å²) >= 11 is 7.64. The third-order valence-corrected chi connectivity index (χ3v) is 9.96. The van der Waals surface area contributed by atoms with Gasteiger partial charge in [-0.1, -0.05) is 17.7 Å². The zero-order valence-corrected chi connectivity index (χ0v) is 23.2. The number of halogens is 3. The Bertz CT molecular complexity index is 1710. The molecule has 4 heterocycles. The van der Waals surface area contributed by atoms with E-state index >= 15 is 4.39 Å². The van der Waals surface area contributed by atoms with E-state index in [9.17, 15) is 9.65 Å². The van der Waals surface area contributed by atoms with E-state index < -0.39 is 11.6 Å². The minimum absolute atomic E-state index is 0.00376. The molecule has 4 aromatic rings. The molecule has 0 atom stereocenters. The SMILES string of the molecule is N#Cc1c(N)sc2c(F)ccc(-c3c(Cl)cc4c(OC5CCC5)nc(OCC56CCCN5CCC6)nc4c3F)c12. The number of fused-ring (bicyclic) bond motifs is 3. The van der Waals surface area contributed by atoms with Crippen LogP contribution in [0.25, 0.3) is 32.1 Å². The van der Waals surface area contributed by atoms with Crippen molar-refractivity contribution in [2.75, 3.05) is 25.4 Å². The van der Waals surface area contributed by atoms with Crippen LogP contribution in [0.15, 0.2) is 18.2 Å². The quantitative estimate of drug-likeness (QED) is 0.266. The van der Waals surface area contributed by atoms with Crippen molar-refractivity contribution in [1.82, 2.24) is 14.9 Å². The fourth-order valence-corrected chi connectivity index (χ4v) is 7.61. The maximum atomic E-state index is 16.5. The van der Waals surface area contributed by atoms with Gasteiger partial charge in [0.05, 0.1) is 26.2 Å². The Kier molecular flexibility index (Phi) is 6.22. The molecule has 206 valence electrons.